The molecule has 0 fully saturated rings. The summed E-state index contributed by atoms with van der Waals surface area (Å²) < 4.78 is 126. The summed E-state index contributed by atoms with van der Waals surface area (Å²) in [4.78, 5) is -0.651. The van der Waals surface area contributed by atoms with Crippen molar-refractivity contribution in [3.05, 3.63) is 77.6 Å². The van der Waals surface area contributed by atoms with E-state index in [0.717, 1.165) is 22.5 Å². The summed E-state index contributed by atoms with van der Waals surface area (Å²) in [5.74, 6) is -0.944. The minimum Gasteiger partial charge on any atom is -0.489 e. The van der Waals surface area contributed by atoms with Crippen molar-refractivity contribution in [3.63, 3.8) is 0 Å². The van der Waals surface area contributed by atoms with E-state index in [1.54, 1.807) is 0 Å². The molecule has 1 aliphatic rings. The van der Waals surface area contributed by atoms with Gasteiger partial charge in [0.05, 0.1) is 28.3 Å². The average molecular weight is 505 g/mol. The summed E-state index contributed by atoms with van der Waals surface area (Å²) in [6.45, 7) is -0.442. The van der Waals surface area contributed by atoms with Crippen LogP contribution >= 0.6 is 0 Å². The van der Waals surface area contributed by atoms with Crippen molar-refractivity contribution in [1.29, 1.82) is 0 Å². The smallest absolute Gasteiger partial charge is 0.417 e. The first-order valence-electron chi connectivity index (χ1n) is 9.62. The molecule has 180 valence electrons. The molecular weight excluding hydrogens is 491 g/mol. The number of hydrogen-bond acceptors (Lipinski definition) is 3. The Morgan fingerprint density at radius 2 is 1.59 bits per heavy atom. The molecule has 0 spiro atoms. The first kappa shape index (κ1) is 23.9. The number of sulfonamides is 1. The van der Waals surface area contributed by atoms with Gasteiger partial charge in [-0.3, -0.25) is 4.31 Å². The van der Waals surface area contributed by atoms with Crippen molar-refractivity contribution in [3.8, 4) is 16.9 Å². The topological polar surface area (TPSA) is 46.6 Å². The Bertz CT molecular complexity index is 1350. The zero-order valence-electron chi connectivity index (χ0n) is 16.9. The number of benzene rings is 3. The van der Waals surface area contributed by atoms with E-state index in [0.29, 0.717) is 30.3 Å². The van der Waals surface area contributed by atoms with Crippen molar-refractivity contribution < 1.29 is 43.9 Å². The summed E-state index contributed by atoms with van der Waals surface area (Å²) in [5.41, 5.74) is -3.18. The normalized spacial score (nSPS) is 14.5. The number of halogens is 7. The standard InChI is InChI=1S/C22H14F7NO3S/c23-15-5-6-18(22(27,28)29)17(12-15)13-4-7-20-19(10-13)30(8-9-33-20)34(31,32)16-3-1-2-14(11-16)21(24,25)26/h1-7,10-12H,8-9H2. The Balaban J connectivity index is 1.84. The van der Waals surface area contributed by atoms with Gasteiger partial charge in [0, 0.05) is 0 Å². The lowest BCUT2D eigenvalue weighted by Crippen LogP contribution is -2.38. The van der Waals surface area contributed by atoms with Crippen LogP contribution in [0.2, 0.25) is 0 Å². The number of ether oxygens (including phenoxy) is 1. The first-order valence-corrected chi connectivity index (χ1v) is 11.1. The van der Waals surface area contributed by atoms with E-state index >= 15 is 0 Å². The Labute approximate surface area is 189 Å². The monoisotopic (exact) mass is 505 g/mol. The van der Waals surface area contributed by atoms with Gasteiger partial charge in [-0.1, -0.05) is 12.1 Å². The maximum absolute atomic E-state index is 13.8. The molecule has 1 heterocycles. The SMILES string of the molecule is O=S(=O)(c1cccc(C(F)(F)F)c1)N1CCOc2ccc(-c3cc(F)ccc3C(F)(F)F)cc21. The van der Waals surface area contributed by atoms with Crippen LogP contribution in [-0.2, 0) is 22.4 Å². The number of alkyl halides is 6. The first-order chi connectivity index (χ1) is 15.8. The van der Waals surface area contributed by atoms with Crippen LogP contribution in [0.1, 0.15) is 11.1 Å². The lowest BCUT2D eigenvalue weighted by Gasteiger charge is -2.31. The molecule has 0 unspecified atom stereocenters. The van der Waals surface area contributed by atoms with Crippen LogP contribution in [0, 0.1) is 5.82 Å². The molecule has 34 heavy (non-hydrogen) atoms. The zero-order chi connectivity index (χ0) is 24.9. The lowest BCUT2D eigenvalue weighted by molar-refractivity contribution is -0.138. The van der Waals surface area contributed by atoms with Crippen molar-refractivity contribution in [2.45, 2.75) is 17.2 Å². The van der Waals surface area contributed by atoms with Crippen LogP contribution in [0.15, 0.2) is 65.6 Å². The molecule has 12 heteroatoms. The quantitative estimate of drug-likeness (QED) is 0.403. The summed E-state index contributed by atoms with van der Waals surface area (Å²) in [5, 5.41) is 0. The molecule has 0 amide bonds. The Kier molecular flexibility index (Phi) is 5.75. The second-order valence-electron chi connectivity index (χ2n) is 7.32. The molecule has 4 rings (SSSR count). The fraction of sp³-hybridized carbons (Fsp3) is 0.182. The third kappa shape index (κ3) is 4.41. The van der Waals surface area contributed by atoms with E-state index in [2.05, 4.69) is 0 Å². The van der Waals surface area contributed by atoms with Gasteiger partial charge in [-0.05, 0) is 59.7 Å². The lowest BCUT2D eigenvalue weighted by atomic mass is 9.98. The minimum atomic E-state index is -4.82. The molecule has 0 radical (unpaired) electrons. The predicted octanol–water partition coefficient (Wildman–Crippen LogP) is 6.12. The van der Waals surface area contributed by atoms with E-state index in [4.69, 9.17) is 4.74 Å². The largest absolute Gasteiger partial charge is 0.489 e. The second kappa shape index (κ2) is 8.19. The highest BCUT2D eigenvalue weighted by atomic mass is 32.2. The molecule has 0 aromatic heterocycles. The summed E-state index contributed by atoms with van der Waals surface area (Å²) in [6.07, 6.45) is -9.60. The van der Waals surface area contributed by atoms with Gasteiger partial charge in [-0.25, -0.2) is 12.8 Å². The summed E-state index contributed by atoms with van der Waals surface area (Å²) in [6, 6.07) is 8.51. The average Bonchev–Trinajstić information content (AvgIpc) is 2.77. The van der Waals surface area contributed by atoms with Gasteiger partial charge in [-0.2, -0.15) is 26.3 Å². The van der Waals surface area contributed by atoms with Crippen LogP contribution < -0.4 is 9.04 Å². The Morgan fingerprint density at radius 3 is 2.26 bits per heavy atom. The van der Waals surface area contributed by atoms with Crippen molar-refractivity contribution in [2.24, 2.45) is 0 Å². The molecule has 0 saturated heterocycles. The third-order valence-corrected chi connectivity index (χ3v) is 6.94. The molecule has 0 bridgehead atoms. The van der Waals surface area contributed by atoms with Gasteiger partial charge in [0.15, 0.2) is 0 Å². The van der Waals surface area contributed by atoms with Crippen molar-refractivity contribution in [2.75, 3.05) is 17.5 Å². The fourth-order valence-corrected chi connectivity index (χ4v) is 5.07. The van der Waals surface area contributed by atoms with Crippen molar-refractivity contribution >= 4 is 15.7 Å². The molecule has 0 saturated carbocycles. The highest BCUT2D eigenvalue weighted by molar-refractivity contribution is 7.92. The number of rotatable bonds is 3. The molecular formula is C22H14F7NO3S. The van der Waals surface area contributed by atoms with Crippen LogP contribution in [0.5, 0.6) is 5.75 Å². The van der Waals surface area contributed by atoms with E-state index < -0.39 is 49.8 Å². The van der Waals surface area contributed by atoms with Crippen LogP contribution in [0.3, 0.4) is 0 Å². The number of nitrogens with zero attached hydrogens (tertiary/aromatic N) is 1. The van der Waals surface area contributed by atoms with Gasteiger partial charge in [-0.15, -0.1) is 0 Å². The zero-order valence-corrected chi connectivity index (χ0v) is 17.7. The molecule has 3 aromatic carbocycles. The fourth-order valence-electron chi connectivity index (χ4n) is 3.57. The van der Waals surface area contributed by atoms with Gasteiger partial charge in [0.1, 0.15) is 18.2 Å². The predicted molar refractivity (Wildman–Crippen MR) is 108 cm³/mol. The van der Waals surface area contributed by atoms with Crippen molar-refractivity contribution in [1.82, 2.24) is 0 Å². The van der Waals surface area contributed by atoms with E-state index in [-0.39, 0.29) is 30.2 Å². The summed E-state index contributed by atoms with van der Waals surface area (Å²) >= 11 is 0. The number of fused-ring (bicyclic) bond motifs is 1. The Morgan fingerprint density at radius 1 is 0.853 bits per heavy atom. The maximum Gasteiger partial charge on any atom is 0.417 e. The van der Waals surface area contributed by atoms with Crippen LogP contribution in [0.4, 0.5) is 36.4 Å². The van der Waals surface area contributed by atoms with E-state index in [1.165, 1.54) is 12.1 Å². The maximum atomic E-state index is 13.8. The molecule has 1 aliphatic heterocycles. The molecule has 0 N–H and O–H groups in total. The molecule has 4 nitrogen and oxygen atoms in total. The van der Waals surface area contributed by atoms with Crippen LogP contribution in [-0.4, -0.2) is 21.6 Å². The minimum absolute atomic E-state index is 0.00415. The molecule has 0 atom stereocenters. The molecule has 3 aromatic rings. The van der Waals surface area contributed by atoms with Gasteiger partial charge < -0.3 is 4.74 Å². The van der Waals surface area contributed by atoms with Gasteiger partial charge in [0.2, 0.25) is 0 Å². The van der Waals surface area contributed by atoms with E-state index in [1.807, 2.05) is 0 Å². The van der Waals surface area contributed by atoms with E-state index in [9.17, 15) is 39.2 Å². The van der Waals surface area contributed by atoms with Gasteiger partial charge in [0.25, 0.3) is 10.0 Å². The Hall–Kier alpha value is -3.28. The second-order valence-corrected chi connectivity index (χ2v) is 9.18. The third-order valence-electron chi connectivity index (χ3n) is 5.13. The highest BCUT2D eigenvalue weighted by Crippen LogP contribution is 2.42. The number of hydrogen-bond donors (Lipinski definition) is 0. The highest BCUT2D eigenvalue weighted by Gasteiger charge is 2.36. The molecule has 0 aliphatic carbocycles. The summed E-state index contributed by atoms with van der Waals surface area (Å²) in [7, 11) is -4.55. The number of anilines is 1. The van der Waals surface area contributed by atoms with Crippen LogP contribution in [0.25, 0.3) is 11.1 Å². The van der Waals surface area contributed by atoms with Gasteiger partial charge >= 0.3 is 12.4 Å².